The van der Waals surface area contributed by atoms with Crippen LogP contribution in [0, 0.1) is 18.8 Å². The molecule has 2 nitrogen and oxygen atoms in total. The van der Waals surface area contributed by atoms with Gasteiger partial charge in [-0.25, -0.2) is 4.98 Å². The smallest absolute Gasteiger partial charge is 0.131 e. The summed E-state index contributed by atoms with van der Waals surface area (Å²) in [5.41, 5.74) is 1.59. The van der Waals surface area contributed by atoms with Gasteiger partial charge in [0.15, 0.2) is 0 Å². The van der Waals surface area contributed by atoms with Crippen LogP contribution in [0.4, 0.5) is 0 Å². The second-order valence-corrected chi connectivity index (χ2v) is 2.93. The highest BCUT2D eigenvalue weighted by Gasteiger charge is 1.95. The second kappa shape index (κ2) is 4.64. The van der Waals surface area contributed by atoms with Gasteiger partial charge < -0.3 is 4.79 Å². The molecule has 0 saturated heterocycles. The van der Waals surface area contributed by atoms with Crippen LogP contribution in [0.5, 0.6) is 0 Å². The first-order chi connectivity index (χ1) is 6.24. The number of carbonyl (C=O) groups excluding carboxylic acids is 1. The predicted molar refractivity (Wildman–Crippen MR) is 51.5 cm³/mol. The highest BCUT2D eigenvalue weighted by atomic mass is 35.5. The van der Waals surface area contributed by atoms with Gasteiger partial charge in [-0.1, -0.05) is 17.5 Å². The van der Waals surface area contributed by atoms with E-state index in [9.17, 15) is 4.79 Å². The van der Waals surface area contributed by atoms with E-state index in [2.05, 4.69) is 16.8 Å². The van der Waals surface area contributed by atoms with Crippen molar-refractivity contribution < 1.29 is 4.79 Å². The average molecular weight is 194 g/mol. The van der Waals surface area contributed by atoms with Crippen LogP contribution in [0.3, 0.4) is 0 Å². The fraction of sp³-hybridized carbons (Fsp3) is 0.200. The topological polar surface area (TPSA) is 30.0 Å². The Morgan fingerprint density at radius 2 is 2.46 bits per heavy atom. The van der Waals surface area contributed by atoms with Crippen LogP contribution in [-0.4, -0.2) is 11.3 Å². The molecule has 0 bridgehead atoms. The molecule has 0 spiro atoms. The molecule has 1 aromatic heterocycles. The van der Waals surface area contributed by atoms with Gasteiger partial charge in [-0.2, -0.15) is 0 Å². The van der Waals surface area contributed by atoms with Gasteiger partial charge >= 0.3 is 0 Å². The van der Waals surface area contributed by atoms with Crippen molar-refractivity contribution in [3.05, 3.63) is 28.5 Å². The highest BCUT2D eigenvalue weighted by Crippen LogP contribution is 2.10. The van der Waals surface area contributed by atoms with E-state index in [-0.39, 0.29) is 6.42 Å². The van der Waals surface area contributed by atoms with E-state index >= 15 is 0 Å². The van der Waals surface area contributed by atoms with Crippen molar-refractivity contribution >= 4 is 17.9 Å². The van der Waals surface area contributed by atoms with E-state index < -0.39 is 0 Å². The van der Waals surface area contributed by atoms with Gasteiger partial charge in [-0.05, 0) is 24.5 Å². The zero-order valence-corrected chi connectivity index (χ0v) is 7.93. The Hall–Kier alpha value is -1.33. The molecule has 0 aliphatic carbocycles. The third kappa shape index (κ3) is 2.89. The molecule has 0 aliphatic rings. The van der Waals surface area contributed by atoms with Crippen molar-refractivity contribution in [3.8, 4) is 11.8 Å². The summed E-state index contributed by atoms with van der Waals surface area (Å²) in [4.78, 5) is 14.0. The molecule has 66 valence electrons. The number of hydrogen-bond donors (Lipinski definition) is 0. The van der Waals surface area contributed by atoms with Crippen molar-refractivity contribution in [3.63, 3.8) is 0 Å². The largest absolute Gasteiger partial charge is 0.302 e. The van der Waals surface area contributed by atoms with Gasteiger partial charge in [-0.15, -0.1) is 0 Å². The lowest BCUT2D eigenvalue weighted by molar-refractivity contribution is -0.107. The minimum atomic E-state index is 0.240. The summed E-state index contributed by atoms with van der Waals surface area (Å²) in [6, 6.07) is 1.79. The average Bonchev–Trinajstić information content (AvgIpc) is 2.09. The fourth-order valence-electron chi connectivity index (χ4n) is 0.848. The lowest BCUT2D eigenvalue weighted by Gasteiger charge is -1.95. The zero-order chi connectivity index (χ0) is 9.68. The standard InChI is InChI=1S/C10H8ClNO/c1-8-6-9(11)7-12-10(8)4-2-3-5-13/h5-7H,3H2,1H3. The third-order valence-corrected chi connectivity index (χ3v) is 1.64. The van der Waals surface area contributed by atoms with E-state index in [0.717, 1.165) is 11.8 Å². The molecule has 0 amide bonds. The summed E-state index contributed by atoms with van der Waals surface area (Å²) in [5.74, 6) is 5.48. The van der Waals surface area contributed by atoms with E-state index in [1.165, 1.54) is 0 Å². The summed E-state index contributed by atoms with van der Waals surface area (Å²) in [5, 5.41) is 0.596. The van der Waals surface area contributed by atoms with Gasteiger partial charge in [-0.3, -0.25) is 0 Å². The first kappa shape index (κ1) is 9.76. The molecule has 0 atom stereocenters. The predicted octanol–water partition coefficient (Wildman–Crippen LogP) is 1.98. The molecule has 1 aromatic rings. The van der Waals surface area contributed by atoms with Gasteiger partial charge in [0, 0.05) is 6.20 Å². The maximum atomic E-state index is 9.99. The lowest BCUT2D eigenvalue weighted by Crippen LogP contribution is -1.86. The third-order valence-electron chi connectivity index (χ3n) is 1.44. The Morgan fingerprint density at radius 1 is 1.69 bits per heavy atom. The summed E-state index contributed by atoms with van der Waals surface area (Å²) >= 11 is 5.71. The molecule has 1 heterocycles. The number of aryl methyl sites for hydroxylation is 1. The van der Waals surface area contributed by atoms with E-state index in [4.69, 9.17) is 11.6 Å². The van der Waals surface area contributed by atoms with Gasteiger partial charge in [0.2, 0.25) is 0 Å². The number of rotatable bonds is 1. The van der Waals surface area contributed by atoms with Gasteiger partial charge in [0.1, 0.15) is 12.0 Å². The van der Waals surface area contributed by atoms with E-state index in [0.29, 0.717) is 10.7 Å². The number of aldehydes is 1. The SMILES string of the molecule is Cc1cc(Cl)cnc1C#CCC=O. The van der Waals surface area contributed by atoms with Crippen LogP contribution in [0.15, 0.2) is 12.3 Å². The van der Waals surface area contributed by atoms with Gasteiger partial charge in [0.25, 0.3) is 0 Å². The molecule has 0 saturated carbocycles. The molecule has 13 heavy (non-hydrogen) atoms. The monoisotopic (exact) mass is 193 g/mol. The Labute approximate surface area is 81.9 Å². The molecule has 0 N–H and O–H groups in total. The van der Waals surface area contributed by atoms with Crippen molar-refractivity contribution in [1.82, 2.24) is 4.98 Å². The Kier molecular flexibility index (Phi) is 3.48. The number of carbonyl (C=O) groups is 1. The van der Waals surface area contributed by atoms with Crippen molar-refractivity contribution in [2.75, 3.05) is 0 Å². The lowest BCUT2D eigenvalue weighted by atomic mass is 10.2. The Balaban J connectivity index is 2.91. The summed E-state index contributed by atoms with van der Waals surface area (Å²) in [6.45, 7) is 1.88. The van der Waals surface area contributed by atoms with Gasteiger partial charge in [0.05, 0.1) is 11.4 Å². The number of aromatic nitrogens is 1. The van der Waals surface area contributed by atoms with Crippen LogP contribution in [0.1, 0.15) is 17.7 Å². The molecular weight excluding hydrogens is 186 g/mol. The quantitative estimate of drug-likeness (QED) is 0.504. The van der Waals surface area contributed by atoms with Crippen molar-refractivity contribution in [2.24, 2.45) is 0 Å². The van der Waals surface area contributed by atoms with Crippen LogP contribution in [0.2, 0.25) is 5.02 Å². The minimum absolute atomic E-state index is 0.240. The van der Waals surface area contributed by atoms with Crippen LogP contribution >= 0.6 is 11.6 Å². The molecule has 0 fully saturated rings. The highest BCUT2D eigenvalue weighted by molar-refractivity contribution is 6.30. The number of halogens is 1. The minimum Gasteiger partial charge on any atom is -0.302 e. The van der Waals surface area contributed by atoms with E-state index in [1.807, 2.05) is 6.92 Å². The van der Waals surface area contributed by atoms with Crippen molar-refractivity contribution in [2.45, 2.75) is 13.3 Å². The normalized spacial score (nSPS) is 8.77. The molecule has 0 aromatic carbocycles. The maximum absolute atomic E-state index is 9.99. The molecule has 0 unspecified atom stereocenters. The summed E-state index contributed by atoms with van der Waals surface area (Å²) < 4.78 is 0. The molecule has 0 aliphatic heterocycles. The van der Waals surface area contributed by atoms with Crippen molar-refractivity contribution in [1.29, 1.82) is 0 Å². The van der Waals surface area contributed by atoms with Crippen LogP contribution in [0.25, 0.3) is 0 Å². The summed E-state index contributed by atoms with van der Waals surface area (Å²) in [7, 11) is 0. The second-order valence-electron chi connectivity index (χ2n) is 2.49. The molecule has 3 heteroatoms. The number of nitrogens with zero attached hydrogens (tertiary/aromatic N) is 1. The first-order valence-corrected chi connectivity index (χ1v) is 4.16. The fourth-order valence-corrected chi connectivity index (χ4v) is 1.06. The first-order valence-electron chi connectivity index (χ1n) is 3.78. The number of pyridine rings is 1. The van der Waals surface area contributed by atoms with E-state index in [1.54, 1.807) is 12.3 Å². The van der Waals surface area contributed by atoms with Crippen LogP contribution < -0.4 is 0 Å². The Morgan fingerprint density at radius 3 is 3.08 bits per heavy atom. The van der Waals surface area contributed by atoms with Crippen LogP contribution in [-0.2, 0) is 4.79 Å². The zero-order valence-electron chi connectivity index (χ0n) is 7.17. The Bertz CT molecular complexity index is 376. The summed E-state index contributed by atoms with van der Waals surface area (Å²) in [6.07, 6.45) is 2.54. The molecule has 1 rings (SSSR count). The maximum Gasteiger partial charge on any atom is 0.131 e. The molecule has 0 radical (unpaired) electrons. The number of hydrogen-bond acceptors (Lipinski definition) is 2. The molecular formula is C10H8ClNO.